The Bertz CT molecular complexity index is 942. The highest BCUT2D eigenvalue weighted by molar-refractivity contribution is 5.97. The summed E-state index contributed by atoms with van der Waals surface area (Å²) in [6.45, 7) is 1.04. The van der Waals surface area contributed by atoms with E-state index in [1.54, 1.807) is 36.3 Å². The van der Waals surface area contributed by atoms with Gasteiger partial charge in [0.1, 0.15) is 17.4 Å². The van der Waals surface area contributed by atoms with Crippen molar-refractivity contribution in [2.75, 3.05) is 39.8 Å². The van der Waals surface area contributed by atoms with E-state index in [0.717, 1.165) is 12.1 Å². The Labute approximate surface area is 172 Å². The lowest BCUT2D eigenvalue weighted by atomic mass is 10.1. The van der Waals surface area contributed by atoms with Crippen LogP contribution in [0.2, 0.25) is 0 Å². The Morgan fingerprint density at radius 3 is 2.20 bits per heavy atom. The molecule has 1 saturated heterocycles. The first-order valence-corrected chi connectivity index (χ1v) is 9.33. The third kappa shape index (κ3) is 4.91. The van der Waals surface area contributed by atoms with Crippen molar-refractivity contribution < 1.29 is 27.9 Å². The van der Waals surface area contributed by atoms with E-state index < -0.39 is 17.5 Å². The van der Waals surface area contributed by atoms with Crippen LogP contribution in [0.3, 0.4) is 0 Å². The van der Waals surface area contributed by atoms with Gasteiger partial charge in [0.15, 0.2) is 0 Å². The van der Waals surface area contributed by atoms with Crippen molar-refractivity contribution in [2.45, 2.75) is 0 Å². The number of nitrogens with zero attached hydrogens (tertiary/aromatic N) is 2. The van der Waals surface area contributed by atoms with Crippen molar-refractivity contribution in [3.05, 3.63) is 65.2 Å². The zero-order chi connectivity index (χ0) is 21.7. The zero-order valence-electron chi connectivity index (χ0n) is 16.4. The van der Waals surface area contributed by atoms with Crippen LogP contribution in [0, 0.1) is 11.6 Å². The predicted octanol–water partition coefficient (Wildman–Crippen LogP) is 1.69. The molecule has 158 valence electrons. The van der Waals surface area contributed by atoms with Crippen LogP contribution < -0.4 is 10.1 Å². The van der Waals surface area contributed by atoms with Crippen LogP contribution in [0.5, 0.6) is 5.75 Å². The van der Waals surface area contributed by atoms with Crippen molar-refractivity contribution in [3.8, 4) is 5.75 Å². The Balaban J connectivity index is 1.48. The molecule has 1 fully saturated rings. The Morgan fingerprint density at radius 2 is 1.60 bits per heavy atom. The fourth-order valence-electron chi connectivity index (χ4n) is 3.11. The van der Waals surface area contributed by atoms with E-state index in [4.69, 9.17) is 4.74 Å². The average Bonchev–Trinajstić information content (AvgIpc) is 2.77. The van der Waals surface area contributed by atoms with Gasteiger partial charge in [0.2, 0.25) is 5.91 Å². The lowest BCUT2D eigenvalue weighted by molar-refractivity contribution is -0.131. The van der Waals surface area contributed by atoms with Gasteiger partial charge in [-0.2, -0.15) is 0 Å². The maximum atomic E-state index is 13.6. The highest BCUT2D eigenvalue weighted by Crippen LogP contribution is 2.14. The Morgan fingerprint density at radius 1 is 0.967 bits per heavy atom. The molecule has 7 nitrogen and oxygen atoms in total. The van der Waals surface area contributed by atoms with Gasteiger partial charge in [-0.05, 0) is 36.4 Å². The fourth-order valence-corrected chi connectivity index (χ4v) is 3.11. The average molecular weight is 417 g/mol. The van der Waals surface area contributed by atoms with E-state index in [1.165, 1.54) is 4.90 Å². The molecule has 3 rings (SSSR count). The van der Waals surface area contributed by atoms with Gasteiger partial charge in [0.25, 0.3) is 11.8 Å². The number of ether oxygens (including phenoxy) is 1. The molecule has 0 aromatic heterocycles. The first-order valence-electron chi connectivity index (χ1n) is 9.33. The van der Waals surface area contributed by atoms with Crippen molar-refractivity contribution in [2.24, 2.45) is 0 Å². The number of nitrogens with one attached hydrogen (secondary N) is 1. The summed E-state index contributed by atoms with van der Waals surface area (Å²) in [6.07, 6.45) is 0. The fraction of sp³-hybridized carbons (Fsp3) is 0.286. The summed E-state index contributed by atoms with van der Waals surface area (Å²) >= 11 is 0. The molecule has 0 aliphatic carbocycles. The number of hydrogen-bond acceptors (Lipinski definition) is 4. The Hall–Kier alpha value is -3.49. The predicted molar refractivity (Wildman–Crippen MR) is 104 cm³/mol. The van der Waals surface area contributed by atoms with Gasteiger partial charge in [-0.1, -0.05) is 0 Å². The quantitative estimate of drug-likeness (QED) is 0.803. The summed E-state index contributed by atoms with van der Waals surface area (Å²) < 4.78 is 31.7. The summed E-state index contributed by atoms with van der Waals surface area (Å²) in [7, 11) is 1.55. The summed E-state index contributed by atoms with van der Waals surface area (Å²) in [5.74, 6) is -2.40. The number of halogens is 2. The summed E-state index contributed by atoms with van der Waals surface area (Å²) in [5, 5.41) is 2.34. The van der Waals surface area contributed by atoms with E-state index in [2.05, 4.69) is 5.32 Å². The molecule has 1 N–H and O–H groups in total. The highest BCUT2D eigenvalue weighted by atomic mass is 19.1. The van der Waals surface area contributed by atoms with Crippen LogP contribution in [0.4, 0.5) is 8.78 Å². The minimum atomic E-state index is -0.995. The smallest absolute Gasteiger partial charge is 0.254 e. The molecular weight excluding hydrogens is 396 g/mol. The highest BCUT2D eigenvalue weighted by Gasteiger charge is 2.25. The molecule has 2 aromatic rings. The van der Waals surface area contributed by atoms with Crippen molar-refractivity contribution >= 4 is 17.7 Å². The second-order valence-electron chi connectivity index (χ2n) is 6.71. The number of methoxy groups -OCH3 is 1. The van der Waals surface area contributed by atoms with Crippen LogP contribution in [-0.4, -0.2) is 67.4 Å². The van der Waals surface area contributed by atoms with Crippen LogP contribution >= 0.6 is 0 Å². The van der Waals surface area contributed by atoms with E-state index in [-0.39, 0.29) is 23.9 Å². The summed E-state index contributed by atoms with van der Waals surface area (Å²) in [4.78, 5) is 40.1. The first-order chi connectivity index (χ1) is 14.4. The molecule has 1 aliphatic rings. The molecule has 0 atom stereocenters. The van der Waals surface area contributed by atoms with Crippen LogP contribution in [0.1, 0.15) is 20.7 Å². The lowest BCUT2D eigenvalue weighted by Gasteiger charge is -2.34. The summed E-state index contributed by atoms with van der Waals surface area (Å²) in [5.41, 5.74) is 0.197. The molecule has 0 spiro atoms. The maximum Gasteiger partial charge on any atom is 0.254 e. The van der Waals surface area contributed by atoms with Gasteiger partial charge in [-0.3, -0.25) is 14.4 Å². The number of benzene rings is 2. The number of carbonyl (C=O) groups excluding carboxylic acids is 3. The molecule has 2 aromatic carbocycles. The molecule has 3 amide bonds. The molecule has 0 saturated carbocycles. The standard InChI is InChI=1S/C21H21F2N3O4/c1-30-16-5-2-14(3-6-16)21(29)26-10-8-25(9-11-26)19(27)13-24-20(28)17-7-4-15(22)12-18(17)23/h2-7,12H,8-11,13H2,1H3,(H,24,28). The van der Waals surface area contributed by atoms with Crippen molar-refractivity contribution in [3.63, 3.8) is 0 Å². The molecule has 1 aliphatic heterocycles. The molecule has 0 unspecified atom stereocenters. The van der Waals surface area contributed by atoms with Gasteiger partial charge in [0.05, 0.1) is 19.2 Å². The van der Waals surface area contributed by atoms with Gasteiger partial charge in [-0.15, -0.1) is 0 Å². The molecule has 0 radical (unpaired) electrons. The molecular formula is C21H21F2N3O4. The molecule has 30 heavy (non-hydrogen) atoms. The van der Waals surface area contributed by atoms with Gasteiger partial charge in [0, 0.05) is 37.8 Å². The van der Waals surface area contributed by atoms with E-state index in [1.807, 2.05) is 0 Å². The van der Waals surface area contributed by atoms with E-state index in [9.17, 15) is 23.2 Å². The molecule has 9 heteroatoms. The SMILES string of the molecule is COc1ccc(C(=O)N2CCN(C(=O)CNC(=O)c3ccc(F)cc3F)CC2)cc1. The van der Waals surface area contributed by atoms with Crippen molar-refractivity contribution in [1.29, 1.82) is 0 Å². The van der Waals surface area contributed by atoms with Crippen molar-refractivity contribution in [1.82, 2.24) is 15.1 Å². The van der Waals surface area contributed by atoms with Gasteiger partial charge >= 0.3 is 0 Å². The second kappa shape index (κ2) is 9.34. The van der Waals surface area contributed by atoms with Crippen LogP contribution in [-0.2, 0) is 4.79 Å². The molecule has 0 bridgehead atoms. The maximum absolute atomic E-state index is 13.6. The topological polar surface area (TPSA) is 79.0 Å². The van der Waals surface area contributed by atoms with Crippen LogP contribution in [0.25, 0.3) is 0 Å². The second-order valence-corrected chi connectivity index (χ2v) is 6.71. The minimum Gasteiger partial charge on any atom is -0.497 e. The third-order valence-electron chi connectivity index (χ3n) is 4.83. The number of piperazine rings is 1. The first kappa shape index (κ1) is 21.2. The number of carbonyl (C=O) groups is 3. The largest absolute Gasteiger partial charge is 0.497 e. The van der Waals surface area contributed by atoms with Gasteiger partial charge in [-0.25, -0.2) is 8.78 Å². The number of amides is 3. The minimum absolute atomic E-state index is 0.134. The van der Waals surface area contributed by atoms with Crippen LogP contribution in [0.15, 0.2) is 42.5 Å². The molecule has 1 heterocycles. The third-order valence-corrected chi connectivity index (χ3v) is 4.83. The zero-order valence-corrected chi connectivity index (χ0v) is 16.4. The number of hydrogen-bond donors (Lipinski definition) is 1. The lowest BCUT2D eigenvalue weighted by Crippen LogP contribution is -2.52. The van der Waals surface area contributed by atoms with E-state index >= 15 is 0 Å². The summed E-state index contributed by atoms with van der Waals surface area (Å²) in [6, 6.07) is 9.38. The monoisotopic (exact) mass is 417 g/mol. The normalized spacial score (nSPS) is 13.7. The number of rotatable bonds is 5. The van der Waals surface area contributed by atoms with Gasteiger partial charge < -0.3 is 19.9 Å². The Kier molecular flexibility index (Phi) is 6.61. The van der Waals surface area contributed by atoms with E-state index in [0.29, 0.717) is 43.6 Å².